The molecular formula is C11H16FN3O2S. The average molecular weight is 273 g/mol. The molecule has 0 aromatic carbocycles. The molecule has 18 heavy (non-hydrogen) atoms. The first-order valence-corrected chi connectivity index (χ1v) is 7.34. The Hall–Kier alpha value is -1.05. The number of hydrogen-bond acceptors (Lipinski definition) is 4. The van der Waals surface area contributed by atoms with Crippen LogP contribution >= 0.6 is 0 Å². The Morgan fingerprint density at radius 3 is 2.56 bits per heavy atom. The summed E-state index contributed by atoms with van der Waals surface area (Å²) in [5.41, 5.74) is 5.75. The van der Waals surface area contributed by atoms with Gasteiger partial charge in [0, 0.05) is 18.3 Å². The van der Waals surface area contributed by atoms with Crippen molar-refractivity contribution >= 4 is 10.0 Å². The largest absolute Gasteiger partial charge is 0.328 e. The summed E-state index contributed by atoms with van der Waals surface area (Å²) >= 11 is 0. The second kappa shape index (κ2) is 5.29. The van der Waals surface area contributed by atoms with Crippen molar-refractivity contribution in [2.45, 2.75) is 42.7 Å². The number of nitrogens with one attached hydrogen (secondary N) is 1. The van der Waals surface area contributed by atoms with Crippen LogP contribution < -0.4 is 10.5 Å². The zero-order valence-electron chi connectivity index (χ0n) is 9.84. The summed E-state index contributed by atoms with van der Waals surface area (Å²) in [6, 6.07) is 0.990. The van der Waals surface area contributed by atoms with E-state index in [0.29, 0.717) is 12.8 Å². The van der Waals surface area contributed by atoms with Crippen LogP contribution in [0.5, 0.6) is 0 Å². The molecule has 1 aromatic heterocycles. The van der Waals surface area contributed by atoms with E-state index in [4.69, 9.17) is 5.73 Å². The maximum atomic E-state index is 13.0. The third-order valence-corrected chi connectivity index (χ3v) is 4.57. The zero-order chi connectivity index (χ0) is 13.2. The van der Waals surface area contributed by atoms with Gasteiger partial charge in [-0.25, -0.2) is 17.5 Å². The molecule has 1 heterocycles. The van der Waals surface area contributed by atoms with E-state index in [1.807, 2.05) is 0 Å². The van der Waals surface area contributed by atoms with Crippen LogP contribution in [0.3, 0.4) is 0 Å². The lowest BCUT2D eigenvalue weighted by Crippen LogP contribution is -2.40. The lowest BCUT2D eigenvalue weighted by molar-refractivity contribution is 0.373. The first-order valence-electron chi connectivity index (χ1n) is 5.86. The van der Waals surface area contributed by atoms with E-state index in [9.17, 15) is 12.8 Å². The van der Waals surface area contributed by atoms with Gasteiger partial charge in [0.15, 0.2) is 0 Å². The van der Waals surface area contributed by atoms with Gasteiger partial charge in [0.2, 0.25) is 10.0 Å². The molecule has 100 valence electrons. The fourth-order valence-corrected chi connectivity index (χ4v) is 3.34. The molecule has 1 aliphatic rings. The smallest absolute Gasteiger partial charge is 0.242 e. The first kappa shape index (κ1) is 13.4. The Labute approximate surface area is 106 Å². The lowest BCUT2D eigenvalue weighted by atomic mass is 9.93. The van der Waals surface area contributed by atoms with Gasteiger partial charge in [-0.3, -0.25) is 4.98 Å². The Bertz CT molecular complexity index is 513. The van der Waals surface area contributed by atoms with Crippen molar-refractivity contribution < 1.29 is 12.8 Å². The molecule has 5 nitrogen and oxygen atoms in total. The molecule has 3 N–H and O–H groups in total. The van der Waals surface area contributed by atoms with Gasteiger partial charge in [-0.1, -0.05) is 0 Å². The van der Waals surface area contributed by atoms with Gasteiger partial charge >= 0.3 is 0 Å². The number of nitrogens with zero attached hydrogens (tertiary/aromatic N) is 1. The highest BCUT2D eigenvalue weighted by Crippen LogP contribution is 2.19. The molecule has 0 atom stereocenters. The van der Waals surface area contributed by atoms with Crippen LogP contribution in [-0.2, 0) is 10.0 Å². The number of sulfonamides is 1. The van der Waals surface area contributed by atoms with Crippen LogP contribution in [0.1, 0.15) is 25.7 Å². The Morgan fingerprint density at radius 2 is 1.94 bits per heavy atom. The molecule has 0 bridgehead atoms. The molecule has 1 aromatic rings. The van der Waals surface area contributed by atoms with Crippen LogP contribution in [0.25, 0.3) is 0 Å². The summed E-state index contributed by atoms with van der Waals surface area (Å²) in [6.45, 7) is 0. The minimum Gasteiger partial charge on any atom is -0.328 e. The van der Waals surface area contributed by atoms with Gasteiger partial charge in [0.25, 0.3) is 0 Å². The van der Waals surface area contributed by atoms with Gasteiger partial charge in [0.05, 0.1) is 6.20 Å². The average Bonchev–Trinajstić information content (AvgIpc) is 2.32. The van der Waals surface area contributed by atoms with E-state index in [2.05, 4.69) is 9.71 Å². The van der Waals surface area contributed by atoms with Gasteiger partial charge < -0.3 is 5.73 Å². The number of nitrogens with two attached hydrogens (primary N) is 1. The van der Waals surface area contributed by atoms with E-state index in [-0.39, 0.29) is 17.0 Å². The highest BCUT2D eigenvalue weighted by atomic mass is 32.2. The topological polar surface area (TPSA) is 85.1 Å². The van der Waals surface area contributed by atoms with Crippen LogP contribution in [0, 0.1) is 5.82 Å². The van der Waals surface area contributed by atoms with Gasteiger partial charge in [0.1, 0.15) is 10.7 Å². The Balaban J connectivity index is 2.08. The summed E-state index contributed by atoms with van der Waals surface area (Å²) in [5, 5.41) is 0. The molecule has 1 aliphatic carbocycles. The zero-order valence-corrected chi connectivity index (χ0v) is 10.7. The quantitative estimate of drug-likeness (QED) is 0.851. The van der Waals surface area contributed by atoms with Crippen molar-refractivity contribution in [3.63, 3.8) is 0 Å². The lowest BCUT2D eigenvalue weighted by Gasteiger charge is -2.26. The highest BCUT2D eigenvalue weighted by Gasteiger charge is 2.24. The van der Waals surface area contributed by atoms with E-state index in [1.165, 1.54) is 0 Å². The predicted molar refractivity (Wildman–Crippen MR) is 64.7 cm³/mol. The van der Waals surface area contributed by atoms with Crippen molar-refractivity contribution in [1.29, 1.82) is 0 Å². The molecule has 1 fully saturated rings. The molecule has 0 saturated heterocycles. The maximum absolute atomic E-state index is 13.0. The van der Waals surface area contributed by atoms with Gasteiger partial charge in [-0.15, -0.1) is 0 Å². The molecule has 1 saturated carbocycles. The summed E-state index contributed by atoms with van der Waals surface area (Å²) in [7, 11) is -3.69. The molecule has 0 aliphatic heterocycles. The molecule has 7 heteroatoms. The standard InChI is InChI=1S/C11H16FN3O2S/c12-8-5-11(7-14-6-8)18(16,17)15-10-3-1-9(13)2-4-10/h5-7,9-10,15H,1-4,13H2. The predicted octanol–water partition coefficient (Wildman–Crippen LogP) is 0.769. The van der Waals surface area contributed by atoms with E-state index < -0.39 is 15.8 Å². The van der Waals surface area contributed by atoms with E-state index >= 15 is 0 Å². The van der Waals surface area contributed by atoms with Crippen molar-refractivity contribution in [3.8, 4) is 0 Å². The Kier molecular flexibility index (Phi) is 3.94. The minimum atomic E-state index is -3.69. The third kappa shape index (κ3) is 3.24. The number of rotatable bonds is 3. The van der Waals surface area contributed by atoms with Crippen LogP contribution in [0.2, 0.25) is 0 Å². The number of pyridine rings is 1. The monoisotopic (exact) mass is 273 g/mol. The number of aromatic nitrogens is 1. The summed E-state index contributed by atoms with van der Waals surface area (Å²) < 4.78 is 39.5. The second-order valence-corrected chi connectivity index (χ2v) is 6.29. The summed E-state index contributed by atoms with van der Waals surface area (Å²) in [4.78, 5) is 3.40. The molecule has 0 amide bonds. The third-order valence-electron chi connectivity index (χ3n) is 3.08. The molecule has 2 rings (SSSR count). The van der Waals surface area contributed by atoms with Crippen molar-refractivity contribution in [2.75, 3.05) is 0 Å². The Morgan fingerprint density at radius 1 is 1.28 bits per heavy atom. The molecular weight excluding hydrogens is 257 g/mol. The first-order chi connectivity index (χ1) is 8.47. The van der Waals surface area contributed by atoms with Crippen LogP contribution in [0.15, 0.2) is 23.4 Å². The van der Waals surface area contributed by atoms with Crippen LogP contribution in [0.4, 0.5) is 4.39 Å². The summed E-state index contributed by atoms with van der Waals surface area (Å²) in [5.74, 6) is -0.663. The number of hydrogen-bond donors (Lipinski definition) is 2. The van der Waals surface area contributed by atoms with Crippen molar-refractivity contribution in [1.82, 2.24) is 9.71 Å². The minimum absolute atomic E-state index is 0.127. The second-order valence-electron chi connectivity index (χ2n) is 4.57. The van der Waals surface area contributed by atoms with Crippen LogP contribution in [-0.4, -0.2) is 25.5 Å². The molecule has 0 radical (unpaired) electrons. The number of halogens is 1. The van der Waals surface area contributed by atoms with E-state index in [1.54, 1.807) is 0 Å². The SMILES string of the molecule is NC1CCC(NS(=O)(=O)c2cncc(F)c2)CC1. The molecule has 0 spiro atoms. The summed E-state index contributed by atoms with van der Waals surface area (Å²) in [6.07, 6.45) is 5.13. The molecule has 0 unspecified atom stereocenters. The van der Waals surface area contributed by atoms with Gasteiger partial charge in [-0.2, -0.15) is 0 Å². The maximum Gasteiger partial charge on any atom is 0.242 e. The van der Waals surface area contributed by atoms with Crippen molar-refractivity contribution in [2.24, 2.45) is 5.73 Å². The normalized spacial score (nSPS) is 25.0. The van der Waals surface area contributed by atoms with Gasteiger partial charge in [-0.05, 0) is 31.7 Å². The highest BCUT2D eigenvalue weighted by molar-refractivity contribution is 7.89. The van der Waals surface area contributed by atoms with Crippen molar-refractivity contribution in [3.05, 3.63) is 24.3 Å². The van der Waals surface area contributed by atoms with E-state index in [0.717, 1.165) is 31.3 Å². The fraction of sp³-hybridized carbons (Fsp3) is 0.545. The fourth-order valence-electron chi connectivity index (χ4n) is 2.06.